The number of carbonyl (C=O) groups excluding carboxylic acids is 1. The number of nitrogens with one attached hydrogen (secondary N) is 1. The van der Waals surface area contributed by atoms with Gasteiger partial charge in [-0.2, -0.15) is 0 Å². The topological polar surface area (TPSA) is 48.5 Å². The minimum absolute atomic E-state index is 0.0355. The van der Waals surface area contributed by atoms with Gasteiger partial charge >= 0.3 is 6.03 Å². The standard InChI is InChI=1S/C21H28N4O/c1-15(2)18-8-10-19(11-9-18)23-21(26)25-13-12-24(14-17(25)4)20-7-5-6-16(3)22-20/h5-11,15,17H,12-14H2,1-4H3,(H,23,26). The van der Waals surface area contributed by atoms with Crippen molar-refractivity contribution in [2.45, 2.75) is 39.7 Å². The average molecular weight is 352 g/mol. The van der Waals surface area contributed by atoms with Gasteiger partial charge in [-0.3, -0.25) is 0 Å². The lowest BCUT2D eigenvalue weighted by atomic mass is 10.0. The maximum Gasteiger partial charge on any atom is 0.322 e. The Morgan fingerprint density at radius 3 is 2.50 bits per heavy atom. The van der Waals surface area contributed by atoms with E-state index < -0.39 is 0 Å². The highest BCUT2D eigenvalue weighted by molar-refractivity contribution is 5.89. The Labute approximate surface area is 156 Å². The second kappa shape index (κ2) is 7.77. The molecule has 1 N–H and O–H groups in total. The van der Waals surface area contributed by atoms with Crippen molar-refractivity contribution in [2.24, 2.45) is 0 Å². The number of rotatable bonds is 3. The third-order valence-electron chi connectivity index (χ3n) is 4.91. The van der Waals surface area contributed by atoms with Gasteiger partial charge < -0.3 is 15.1 Å². The number of piperazine rings is 1. The molecule has 3 rings (SSSR count). The molecular formula is C21H28N4O. The Morgan fingerprint density at radius 1 is 1.15 bits per heavy atom. The molecule has 5 nitrogen and oxygen atoms in total. The third-order valence-corrected chi connectivity index (χ3v) is 4.91. The van der Waals surface area contributed by atoms with Crippen LogP contribution in [0, 0.1) is 6.92 Å². The molecule has 1 aromatic heterocycles. The molecule has 1 fully saturated rings. The van der Waals surface area contributed by atoms with Crippen LogP contribution in [0.3, 0.4) is 0 Å². The van der Waals surface area contributed by atoms with Crippen molar-refractivity contribution in [1.29, 1.82) is 0 Å². The highest BCUT2D eigenvalue weighted by Crippen LogP contribution is 2.20. The van der Waals surface area contributed by atoms with Crippen LogP contribution < -0.4 is 10.2 Å². The molecule has 0 radical (unpaired) electrons. The van der Waals surface area contributed by atoms with E-state index in [4.69, 9.17) is 0 Å². The predicted octanol–water partition coefficient (Wildman–Crippen LogP) is 4.26. The number of aromatic nitrogens is 1. The lowest BCUT2D eigenvalue weighted by molar-refractivity contribution is 0.184. The van der Waals surface area contributed by atoms with Crippen molar-refractivity contribution < 1.29 is 4.79 Å². The Bertz CT molecular complexity index is 757. The Hall–Kier alpha value is -2.56. The van der Waals surface area contributed by atoms with Crippen LogP contribution in [-0.4, -0.2) is 41.6 Å². The third kappa shape index (κ3) is 4.15. The van der Waals surface area contributed by atoms with Crippen LogP contribution >= 0.6 is 0 Å². The highest BCUT2D eigenvalue weighted by Gasteiger charge is 2.28. The normalized spacial score (nSPS) is 17.5. The molecule has 0 spiro atoms. The van der Waals surface area contributed by atoms with Gasteiger partial charge in [0.05, 0.1) is 0 Å². The van der Waals surface area contributed by atoms with Crippen LogP contribution in [0.4, 0.5) is 16.3 Å². The summed E-state index contributed by atoms with van der Waals surface area (Å²) in [4.78, 5) is 21.4. The summed E-state index contributed by atoms with van der Waals surface area (Å²) >= 11 is 0. The minimum Gasteiger partial charge on any atom is -0.353 e. The van der Waals surface area contributed by atoms with Crippen molar-refractivity contribution in [2.75, 3.05) is 29.9 Å². The molecule has 1 aliphatic heterocycles. The van der Waals surface area contributed by atoms with E-state index in [2.05, 4.69) is 48.1 Å². The number of anilines is 2. The molecular weight excluding hydrogens is 324 g/mol. The molecule has 1 unspecified atom stereocenters. The fourth-order valence-electron chi connectivity index (χ4n) is 3.32. The molecule has 0 aliphatic carbocycles. The zero-order chi connectivity index (χ0) is 18.7. The Balaban J connectivity index is 1.61. The van der Waals surface area contributed by atoms with Crippen molar-refractivity contribution >= 4 is 17.5 Å². The van der Waals surface area contributed by atoms with Gasteiger partial charge in [0.15, 0.2) is 0 Å². The van der Waals surface area contributed by atoms with Crippen molar-refractivity contribution in [1.82, 2.24) is 9.88 Å². The SMILES string of the molecule is Cc1cccc(N2CCN(C(=O)Nc3ccc(C(C)C)cc3)C(C)C2)n1. The van der Waals surface area contributed by atoms with Gasteiger partial charge in [0.1, 0.15) is 5.82 Å². The number of carbonyl (C=O) groups is 1. The number of hydrogen-bond donors (Lipinski definition) is 1. The van der Waals surface area contributed by atoms with Crippen LogP contribution in [0.5, 0.6) is 0 Å². The first-order valence-electron chi connectivity index (χ1n) is 9.30. The summed E-state index contributed by atoms with van der Waals surface area (Å²) in [7, 11) is 0. The number of nitrogens with zero attached hydrogens (tertiary/aromatic N) is 3. The molecule has 0 bridgehead atoms. The first-order valence-corrected chi connectivity index (χ1v) is 9.30. The molecule has 1 aromatic carbocycles. The van der Waals surface area contributed by atoms with Gasteiger partial charge in [-0.25, -0.2) is 9.78 Å². The summed E-state index contributed by atoms with van der Waals surface area (Å²) in [6.07, 6.45) is 0. The molecule has 1 atom stereocenters. The van der Waals surface area contributed by atoms with E-state index in [1.807, 2.05) is 42.2 Å². The largest absolute Gasteiger partial charge is 0.353 e. The lowest BCUT2D eigenvalue weighted by Gasteiger charge is -2.40. The summed E-state index contributed by atoms with van der Waals surface area (Å²) < 4.78 is 0. The molecule has 1 aliphatic rings. The first-order chi connectivity index (χ1) is 12.4. The van der Waals surface area contributed by atoms with E-state index in [0.717, 1.165) is 30.3 Å². The van der Waals surface area contributed by atoms with E-state index >= 15 is 0 Å². The van der Waals surface area contributed by atoms with Crippen LogP contribution in [-0.2, 0) is 0 Å². The van der Waals surface area contributed by atoms with E-state index in [1.54, 1.807) is 0 Å². The van der Waals surface area contributed by atoms with Crippen LogP contribution in [0.25, 0.3) is 0 Å². The second-order valence-corrected chi connectivity index (χ2v) is 7.33. The maximum absolute atomic E-state index is 12.7. The molecule has 2 aromatic rings. The zero-order valence-electron chi connectivity index (χ0n) is 16.1. The number of aryl methyl sites for hydroxylation is 1. The summed E-state index contributed by atoms with van der Waals surface area (Å²) in [5.74, 6) is 1.48. The van der Waals surface area contributed by atoms with Gasteiger partial charge in [-0.05, 0) is 49.6 Å². The second-order valence-electron chi connectivity index (χ2n) is 7.33. The fourth-order valence-corrected chi connectivity index (χ4v) is 3.32. The number of benzene rings is 1. The van der Waals surface area contributed by atoms with Gasteiger partial charge in [0.25, 0.3) is 0 Å². The van der Waals surface area contributed by atoms with Crippen LogP contribution in [0.2, 0.25) is 0 Å². The maximum atomic E-state index is 12.7. The number of urea groups is 1. The van der Waals surface area contributed by atoms with Crippen molar-refractivity contribution in [3.63, 3.8) is 0 Å². The van der Waals surface area contributed by atoms with Gasteiger partial charge in [-0.15, -0.1) is 0 Å². The van der Waals surface area contributed by atoms with Gasteiger partial charge in [0.2, 0.25) is 0 Å². The molecule has 26 heavy (non-hydrogen) atoms. The summed E-state index contributed by atoms with van der Waals surface area (Å²) in [6.45, 7) is 10.7. The lowest BCUT2D eigenvalue weighted by Crippen LogP contribution is -2.55. The Kier molecular flexibility index (Phi) is 5.45. The average Bonchev–Trinajstić information content (AvgIpc) is 2.62. The molecule has 0 saturated carbocycles. The highest BCUT2D eigenvalue weighted by atomic mass is 16.2. The monoisotopic (exact) mass is 352 g/mol. The first kappa shape index (κ1) is 18.2. The summed E-state index contributed by atoms with van der Waals surface area (Å²) in [6, 6.07) is 14.3. The molecule has 138 valence electrons. The van der Waals surface area contributed by atoms with E-state index in [9.17, 15) is 4.79 Å². The molecule has 1 saturated heterocycles. The van der Waals surface area contributed by atoms with Crippen molar-refractivity contribution in [3.05, 3.63) is 53.7 Å². The van der Waals surface area contributed by atoms with E-state index in [0.29, 0.717) is 12.5 Å². The zero-order valence-corrected chi connectivity index (χ0v) is 16.1. The molecule has 5 heteroatoms. The fraction of sp³-hybridized carbons (Fsp3) is 0.429. The van der Waals surface area contributed by atoms with Gasteiger partial charge in [-0.1, -0.05) is 32.0 Å². The van der Waals surface area contributed by atoms with E-state index in [-0.39, 0.29) is 12.1 Å². The number of pyridine rings is 1. The summed E-state index contributed by atoms with van der Waals surface area (Å²) in [5, 5.41) is 3.02. The van der Waals surface area contributed by atoms with Crippen LogP contribution in [0.1, 0.15) is 37.9 Å². The van der Waals surface area contributed by atoms with E-state index in [1.165, 1.54) is 5.56 Å². The quantitative estimate of drug-likeness (QED) is 0.898. The predicted molar refractivity (Wildman–Crippen MR) is 107 cm³/mol. The Morgan fingerprint density at radius 2 is 1.88 bits per heavy atom. The molecule has 2 amide bonds. The number of hydrogen-bond acceptors (Lipinski definition) is 3. The van der Waals surface area contributed by atoms with Crippen molar-refractivity contribution in [3.8, 4) is 0 Å². The van der Waals surface area contributed by atoms with Crippen LogP contribution in [0.15, 0.2) is 42.5 Å². The van der Waals surface area contributed by atoms with Gasteiger partial charge in [0, 0.05) is 37.1 Å². The molecule has 2 heterocycles. The smallest absolute Gasteiger partial charge is 0.322 e. The number of amides is 2. The minimum atomic E-state index is -0.0355. The summed E-state index contributed by atoms with van der Waals surface area (Å²) in [5.41, 5.74) is 3.13.